The molecule has 0 unspecified atom stereocenters. The van der Waals surface area contributed by atoms with Crippen molar-refractivity contribution in [3.63, 3.8) is 0 Å². The van der Waals surface area contributed by atoms with Crippen LogP contribution in [0.15, 0.2) is 67.8 Å². The predicted molar refractivity (Wildman–Crippen MR) is 129 cm³/mol. The fourth-order valence-corrected chi connectivity index (χ4v) is 4.48. The molecule has 0 aliphatic carbocycles. The van der Waals surface area contributed by atoms with Gasteiger partial charge in [0.15, 0.2) is 4.34 Å². The fraction of sp³-hybridized carbons (Fsp3) is 0.227. The second-order valence-electron chi connectivity index (χ2n) is 6.33. The van der Waals surface area contributed by atoms with Gasteiger partial charge in [0.25, 0.3) is 5.91 Å². The molecule has 0 saturated heterocycles. The maximum Gasteiger partial charge on any atom is 0.250 e. The maximum absolute atomic E-state index is 12.1. The molecular formula is C22H22BrN3O2S2. The van der Waals surface area contributed by atoms with Crippen LogP contribution in [0.4, 0.5) is 0 Å². The van der Waals surface area contributed by atoms with Gasteiger partial charge in [-0.3, -0.25) is 4.79 Å². The van der Waals surface area contributed by atoms with Crippen molar-refractivity contribution in [3.05, 3.63) is 63.9 Å². The molecule has 1 heterocycles. The first-order valence-electron chi connectivity index (χ1n) is 9.53. The molecule has 1 aromatic heterocycles. The molecule has 0 atom stereocenters. The Hall–Kier alpha value is -2.16. The number of thiazole rings is 1. The van der Waals surface area contributed by atoms with E-state index < -0.39 is 0 Å². The van der Waals surface area contributed by atoms with Crippen LogP contribution < -0.4 is 10.2 Å². The molecule has 5 nitrogen and oxygen atoms in total. The highest BCUT2D eigenvalue weighted by molar-refractivity contribution is 9.10. The van der Waals surface area contributed by atoms with E-state index in [-0.39, 0.29) is 11.7 Å². The van der Waals surface area contributed by atoms with E-state index in [1.165, 1.54) is 23.1 Å². The third kappa shape index (κ3) is 6.97. The Kier molecular flexibility index (Phi) is 8.92. The first-order valence-corrected chi connectivity index (χ1v) is 12.2. The average Bonchev–Trinajstić information content (AvgIpc) is 3.24. The van der Waals surface area contributed by atoms with E-state index in [1.807, 2.05) is 53.9 Å². The highest BCUT2D eigenvalue weighted by atomic mass is 79.9. The van der Waals surface area contributed by atoms with Crippen LogP contribution in [0.1, 0.15) is 25.3 Å². The Bertz CT molecular complexity index is 993. The normalized spacial score (nSPS) is 11.0. The number of aromatic nitrogens is 1. The monoisotopic (exact) mass is 503 g/mol. The van der Waals surface area contributed by atoms with E-state index in [9.17, 15) is 4.79 Å². The van der Waals surface area contributed by atoms with Crippen LogP contribution in [0.5, 0.6) is 5.75 Å². The number of halogens is 1. The summed E-state index contributed by atoms with van der Waals surface area (Å²) < 4.78 is 7.57. The number of benzene rings is 2. The fourth-order valence-electron chi connectivity index (χ4n) is 2.48. The van der Waals surface area contributed by atoms with Crippen LogP contribution in [0, 0.1) is 0 Å². The standard InChI is InChI=1S/C22H22BrN3O2S2/c1-2-3-11-28-20-10-9-18(23)12-17(20)13-24-26-21(27)15-30-22-25-19(14-29-22)16-7-5-4-6-8-16/h4-10,12-14H,2-3,11,15H2,1H3,(H,26,27)/b24-13+. The van der Waals surface area contributed by atoms with Crippen molar-refractivity contribution in [1.29, 1.82) is 0 Å². The van der Waals surface area contributed by atoms with E-state index in [2.05, 4.69) is 38.4 Å². The highest BCUT2D eigenvalue weighted by Crippen LogP contribution is 2.28. The zero-order valence-electron chi connectivity index (χ0n) is 16.5. The summed E-state index contributed by atoms with van der Waals surface area (Å²) in [4.78, 5) is 16.7. The second kappa shape index (κ2) is 11.9. The Balaban J connectivity index is 1.51. The second-order valence-corrected chi connectivity index (χ2v) is 9.33. The minimum absolute atomic E-state index is 0.184. The smallest absolute Gasteiger partial charge is 0.250 e. The van der Waals surface area contributed by atoms with Gasteiger partial charge in [0.2, 0.25) is 0 Å². The van der Waals surface area contributed by atoms with E-state index >= 15 is 0 Å². The molecule has 0 spiro atoms. The third-order valence-corrected chi connectivity index (χ3v) is 6.51. The number of thioether (sulfide) groups is 1. The summed E-state index contributed by atoms with van der Waals surface area (Å²) in [6, 6.07) is 15.7. The van der Waals surface area contributed by atoms with Gasteiger partial charge in [-0.2, -0.15) is 5.10 Å². The minimum atomic E-state index is -0.184. The lowest BCUT2D eigenvalue weighted by atomic mass is 10.2. The predicted octanol–water partition coefficient (Wildman–Crippen LogP) is 5.99. The molecule has 3 rings (SSSR count). The van der Waals surface area contributed by atoms with Crippen LogP contribution >= 0.6 is 39.0 Å². The summed E-state index contributed by atoms with van der Waals surface area (Å²) in [5.41, 5.74) is 5.37. The number of nitrogens with one attached hydrogen (secondary N) is 1. The van der Waals surface area contributed by atoms with Crippen molar-refractivity contribution in [1.82, 2.24) is 10.4 Å². The molecule has 30 heavy (non-hydrogen) atoms. The maximum atomic E-state index is 12.1. The highest BCUT2D eigenvalue weighted by Gasteiger charge is 2.08. The Morgan fingerprint density at radius 1 is 1.30 bits per heavy atom. The molecule has 1 amide bonds. The number of unbranched alkanes of at least 4 members (excludes halogenated alkanes) is 1. The molecule has 0 fully saturated rings. The summed E-state index contributed by atoms with van der Waals surface area (Å²) in [7, 11) is 0. The topological polar surface area (TPSA) is 63.6 Å². The summed E-state index contributed by atoms with van der Waals surface area (Å²) >= 11 is 6.39. The SMILES string of the molecule is CCCCOc1ccc(Br)cc1/C=N/NC(=O)CSc1nc(-c2ccccc2)cs1. The summed E-state index contributed by atoms with van der Waals surface area (Å²) in [5.74, 6) is 0.809. The van der Waals surface area contributed by atoms with Crippen molar-refractivity contribution in [2.24, 2.45) is 5.10 Å². The molecule has 0 saturated carbocycles. The zero-order chi connectivity index (χ0) is 21.2. The van der Waals surface area contributed by atoms with E-state index in [0.717, 1.165) is 44.2 Å². The number of nitrogens with zero attached hydrogens (tertiary/aromatic N) is 2. The van der Waals surface area contributed by atoms with Crippen LogP contribution in [0.25, 0.3) is 11.3 Å². The summed E-state index contributed by atoms with van der Waals surface area (Å²) in [6.45, 7) is 2.77. The number of hydrazone groups is 1. The molecule has 0 aliphatic heterocycles. The lowest BCUT2D eigenvalue weighted by Gasteiger charge is -2.08. The molecule has 8 heteroatoms. The number of hydrogen-bond donors (Lipinski definition) is 1. The third-order valence-electron chi connectivity index (χ3n) is 4.00. The number of carbonyl (C=O) groups excluding carboxylic acids is 1. The average molecular weight is 504 g/mol. The van der Waals surface area contributed by atoms with Crippen molar-refractivity contribution < 1.29 is 9.53 Å². The van der Waals surface area contributed by atoms with Gasteiger partial charge >= 0.3 is 0 Å². The van der Waals surface area contributed by atoms with E-state index in [1.54, 1.807) is 6.21 Å². The lowest BCUT2D eigenvalue weighted by Crippen LogP contribution is -2.19. The molecule has 3 aromatic rings. The first kappa shape index (κ1) is 22.5. The summed E-state index contributed by atoms with van der Waals surface area (Å²) in [6.07, 6.45) is 3.66. The minimum Gasteiger partial charge on any atom is -0.493 e. The van der Waals surface area contributed by atoms with Gasteiger partial charge in [-0.1, -0.05) is 71.4 Å². The van der Waals surface area contributed by atoms with Gasteiger partial charge in [0.05, 0.1) is 24.3 Å². The molecule has 1 N–H and O–H groups in total. The molecule has 0 bridgehead atoms. The molecule has 0 radical (unpaired) electrons. The Morgan fingerprint density at radius 2 is 2.13 bits per heavy atom. The van der Waals surface area contributed by atoms with Crippen molar-refractivity contribution >= 4 is 51.2 Å². The van der Waals surface area contributed by atoms with Gasteiger partial charge < -0.3 is 4.74 Å². The van der Waals surface area contributed by atoms with Crippen LogP contribution in [0.3, 0.4) is 0 Å². The van der Waals surface area contributed by atoms with Gasteiger partial charge in [-0.25, -0.2) is 10.4 Å². The van der Waals surface area contributed by atoms with E-state index in [0.29, 0.717) is 6.61 Å². The van der Waals surface area contributed by atoms with Gasteiger partial charge in [-0.15, -0.1) is 11.3 Å². The quantitative estimate of drug-likeness (QED) is 0.159. The number of rotatable bonds is 10. The first-order chi connectivity index (χ1) is 14.7. The number of ether oxygens (including phenoxy) is 1. The number of amides is 1. The van der Waals surface area contributed by atoms with Gasteiger partial charge in [0, 0.05) is 21.0 Å². The van der Waals surface area contributed by atoms with E-state index in [4.69, 9.17) is 4.74 Å². The van der Waals surface area contributed by atoms with Crippen molar-refractivity contribution in [2.45, 2.75) is 24.1 Å². The number of carbonyl (C=O) groups is 1. The lowest BCUT2D eigenvalue weighted by molar-refractivity contribution is -0.118. The van der Waals surface area contributed by atoms with Gasteiger partial charge in [0.1, 0.15) is 5.75 Å². The molecular weight excluding hydrogens is 482 g/mol. The van der Waals surface area contributed by atoms with Crippen molar-refractivity contribution in [3.8, 4) is 17.0 Å². The Labute approximate surface area is 193 Å². The van der Waals surface area contributed by atoms with Crippen LogP contribution in [0.2, 0.25) is 0 Å². The van der Waals surface area contributed by atoms with Gasteiger partial charge in [-0.05, 0) is 24.6 Å². The van der Waals surface area contributed by atoms with Crippen molar-refractivity contribution in [2.75, 3.05) is 12.4 Å². The largest absolute Gasteiger partial charge is 0.493 e. The molecule has 2 aromatic carbocycles. The zero-order valence-corrected chi connectivity index (χ0v) is 19.7. The molecule has 0 aliphatic rings. The molecule has 156 valence electrons. The Morgan fingerprint density at radius 3 is 2.93 bits per heavy atom. The van der Waals surface area contributed by atoms with Crippen LogP contribution in [-0.4, -0.2) is 29.5 Å². The van der Waals surface area contributed by atoms with Crippen LogP contribution in [-0.2, 0) is 4.79 Å². The summed E-state index contributed by atoms with van der Waals surface area (Å²) in [5, 5.41) is 6.08. The number of hydrogen-bond acceptors (Lipinski definition) is 6.